The number of carbonyl (C=O) groups excluding carboxylic acids is 2. The van der Waals surface area contributed by atoms with E-state index >= 15 is 0 Å². The standard InChI is InChI=1S/C24H31N3O5S/c1-4-14-26(15-5-2)33(30,31)19-12-13-21(27-16-8-11-23(27)28)20(17-19)25-24(29)32-22-10-7-6-9-18(22)3/h6-7,9-10,12-13,17H,4-5,8,11,14-16H2,1-3H3,(H,25,29). The van der Waals surface area contributed by atoms with Crippen molar-refractivity contribution in [2.24, 2.45) is 0 Å². The van der Waals surface area contributed by atoms with Crippen molar-refractivity contribution in [3.8, 4) is 5.75 Å². The molecule has 178 valence electrons. The molecule has 1 heterocycles. The molecule has 0 aromatic heterocycles. The van der Waals surface area contributed by atoms with E-state index in [9.17, 15) is 18.0 Å². The third-order valence-corrected chi connectivity index (χ3v) is 7.34. The molecule has 0 atom stereocenters. The van der Waals surface area contributed by atoms with Gasteiger partial charge in [0, 0.05) is 26.1 Å². The number of para-hydroxylation sites is 1. The van der Waals surface area contributed by atoms with Crippen LogP contribution in [0.25, 0.3) is 0 Å². The minimum atomic E-state index is -3.77. The number of hydrogen-bond acceptors (Lipinski definition) is 5. The fourth-order valence-corrected chi connectivity index (χ4v) is 5.47. The highest BCUT2D eigenvalue weighted by Gasteiger charge is 2.28. The molecule has 1 fully saturated rings. The number of benzene rings is 2. The van der Waals surface area contributed by atoms with E-state index in [0.717, 1.165) is 5.56 Å². The summed E-state index contributed by atoms with van der Waals surface area (Å²) in [5.41, 5.74) is 1.46. The van der Waals surface area contributed by atoms with E-state index in [4.69, 9.17) is 4.74 Å². The van der Waals surface area contributed by atoms with Crippen LogP contribution in [0, 0.1) is 6.92 Å². The molecule has 0 saturated carbocycles. The van der Waals surface area contributed by atoms with Gasteiger partial charge in [0.2, 0.25) is 15.9 Å². The number of ether oxygens (including phenoxy) is 1. The van der Waals surface area contributed by atoms with E-state index in [2.05, 4.69) is 5.32 Å². The third-order valence-electron chi connectivity index (χ3n) is 5.45. The summed E-state index contributed by atoms with van der Waals surface area (Å²) >= 11 is 0. The number of aryl methyl sites for hydroxylation is 1. The molecule has 0 aliphatic carbocycles. The molecule has 0 unspecified atom stereocenters. The summed E-state index contributed by atoms with van der Waals surface area (Å²) < 4.78 is 33.4. The van der Waals surface area contributed by atoms with Crippen LogP contribution in [0.5, 0.6) is 5.75 Å². The highest BCUT2D eigenvalue weighted by Crippen LogP contribution is 2.33. The number of anilines is 2. The van der Waals surface area contributed by atoms with Gasteiger partial charge in [-0.3, -0.25) is 10.1 Å². The molecule has 2 aromatic carbocycles. The van der Waals surface area contributed by atoms with Gasteiger partial charge >= 0.3 is 6.09 Å². The van der Waals surface area contributed by atoms with Gasteiger partial charge in [-0.15, -0.1) is 0 Å². The molecule has 2 aromatic rings. The Bertz CT molecular complexity index is 1110. The molecular weight excluding hydrogens is 442 g/mol. The van der Waals surface area contributed by atoms with Gasteiger partial charge < -0.3 is 9.64 Å². The molecule has 2 amide bonds. The summed E-state index contributed by atoms with van der Waals surface area (Å²) in [5, 5.41) is 2.66. The number of nitrogens with zero attached hydrogens (tertiary/aromatic N) is 2. The fraction of sp³-hybridized carbons (Fsp3) is 0.417. The van der Waals surface area contributed by atoms with Gasteiger partial charge in [0.05, 0.1) is 16.3 Å². The van der Waals surface area contributed by atoms with E-state index in [0.29, 0.717) is 56.8 Å². The van der Waals surface area contributed by atoms with Crippen LogP contribution in [0.2, 0.25) is 0 Å². The fourth-order valence-electron chi connectivity index (χ4n) is 3.82. The highest BCUT2D eigenvalue weighted by atomic mass is 32.2. The molecule has 1 N–H and O–H groups in total. The summed E-state index contributed by atoms with van der Waals surface area (Å²) in [6.07, 6.45) is 1.73. The third kappa shape index (κ3) is 5.72. The van der Waals surface area contributed by atoms with Gasteiger partial charge in [-0.25, -0.2) is 13.2 Å². The predicted octanol–water partition coefficient (Wildman–Crippen LogP) is 4.54. The van der Waals surface area contributed by atoms with Gasteiger partial charge in [-0.1, -0.05) is 32.0 Å². The Morgan fingerprint density at radius 3 is 2.42 bits per heavy atom. The lowest BCUT2D eigenvalue weighted by atomic mass is 10.2. The largest absolute Gasteiger partial charge is 0.417 e. The lowest BCUT2D eigenvalue weighted by Gasteiger charge is -2.24. The van der Waals surface area contributed by atoms with Gasteiger partial charge in [-0.2, -0.15) is 4.31 Å². The van der Waals surface area contributed by atoms with Crippen molar-refractivity contribution in [1.82, 2.24) is 4.31 Å². The zero-order valence-electron chi connectivity index (χ0n) is 19.3. The highest BCUT2D eigenvalue weighted by molar-refractivity contribution is 7.89. The van der Waals surface area contributed by atoms with E-state index < -0.39 is 16.1 Å². The Balaban J connectivity index is 1.97. The van der Waals surface area contributed by atoms with Crippen molar-refractivity contribution in [3.05, 3.63) is 48.0 Å². The number of carbonyl (C=O) groups is 2. The summed E-state index contributed by atoms with van der Waals surface area (Å²) in [5.74, 6) is 0.328. The van der Waals surface area contributed by atoms with Crippen LogP contribution in [-0.2, 0) is 14.8 Å². The molecule has 0 bridgehead atoms. The van der Waals surface area contributed by atoms with Crippen molar-refractivity contribution in [1.29, 1.82) is 0 Å². The quantitative estimate of drug-likeness (QED) is 0.577. The SMILES string of the molecule is CCCN(CCC)S(=O)(=O)c1ccc(N2CCCC2=O)c(NC(=O)Oc2ccccc2C)c1. The Labute approximate surface area is 195 Å². The minimum absolute atomic E-state index is 0.0611. The lowest BCUT2D eigenvalue weighted by Crippen LogP contribution is -2.33. The molecule has 1 aliphatic rings. The normalized spacial score (nSPS) is 14.1. The first-order chi connectivity index (χ1) is 15.8. The Kier molecular flexibility index (Phi) is 8.10. The average Bonchev–Trinajstić information content (AvgIpc) is 3.20. The smallest absolute Gasteiger partial charge is 0.410 e. The van der Waals surface area contributed by atoms with E-state index in [-0.39, 0.29) is 16.5 Å². The Morgan fingerprint density at radius 2 is 1.82 bits per heavy atom. The second-order valence-electron chi connectivity index (χ2n) is 8.01. The van der Waals surface area contributed by atoms with Crippen molar-refractivity contribution < 1.29 is 22.7 Å². The zero-order chi connectivity index (χ0) is 24.0. The van der Waals surface area contributed by atoms with Gasteiger partial charge in [0.15, 0.2) is 0 Å². The van der Waals surface area contributed by atoms with Crippen molar-refractivity contribution >= 4 is 33.4 Å². The zero-order valence-corrected chi connectivity index (χ0v) is 20.2. The molecular formula is C24H31N3O5S. The molecule has 9 heteroatoms. The van der Waals surface area contributed by atoms with Gasteiger partial charge in [0.25, 0.3) is 0 Å². The first-order valence-corrected chi connectivity index (χ1v) is 12.7. The summed E-state index contributed by atoms with van der Waals surface area (Å²) in [6, 6.07) is 11.6. The Hall–Kier alpha value is -2.91. The van der Waals surface area contributed by atoms with E-state index in [1.54, 1.807) is 23.1 Å². The van der Waals surface area contributed by atoms with E-state index in [1.807, 2.05) is 32.9 Å². The molecule has 3 rings (SSSR count). The number of nitrogens with one attached hydrogen (secondary N) is 1. The van der Waals surface area contributed by atoms with Crippen LogP contribution in [0.15, 0.2) is 47.4 Å². The second-order valence-corrected chi connectivity index (χ2v) is 9.95. The first kappa shape index (κ1) is 24.7. The maximum absolute atomic E-state index is 13.3. The van der Waals surface area contributed by atoms with Crippen LogP contribution >= 0.6 is 0 Å². The van der Waals surface area contributed by atoms with Crippen LogP contribution in [0.1, 0.15) is 45.1 Å². The maximum Gasteiger partial charge on any atom is 0.417 e. The summed E-state index contributed by atoms with van der Waals surface area (Å²) in [4.78, 5) is 26.7. The number of amides is 2. The van der Waals surface area contributed by atoms with Crippen molar-refractivity contribution in [2.45, 2.75) is 51.3 Å². The monoisotopic (exact) mass is 473 g/mol. The van der Waals surface area contributed by atoms with Crippen LogP contribution in [0.3, 0.4) is 0 Å². The summed E-state index contributed by atoms with van der Waals surface area (Å²) in [6.45, 7) is 6.98. The maximum atomic E-state index is 13.3. The molecule has 8 nitrogen and oxygen atoms in total. The average molecular weight is 474 g/mol. The molecule has 0 spiro atoms. The number of sulfonamides is 1. The van der Waals surface area contributed by atoms with Crippen LogP contribution < -0.4 is 15.0 Å². The Morgan fingerprint density at radius 1 is 1.12 bits per heavy atom. The first-order valence-electron chi connectivity index (χ1n) is 11.3. The number of hydrogen-bond donors (Lipinski definition) is 1. The van der Waals surface area contributed by atoms with Gasteiger partial charge in [0.1, 0.15) is 5.75 Å². The van der Waals surface area contributed by atoms with Crippen LogP contribution in [0.4, 0.5) is 16.2 Å². The topological polar surface area (TPSA) is 96.0 Å². The minimum Gasteiger partial charge on any atom is -0.410 e. The van der Waals surface area contributed by atoms with Crippen molar-refractivity contribution in [3.63, 3.8) is 0 Å². The van der Waals surface area contributed by atoms with Gasteiger partial charge in [-0.05, 0) is 56.0 Å². The number of rotatable bonds is 9. The second kappa shape index (κ2) is 10.8. The predicted molar refractivity (Wildman–Crippen MR) is 128 cm³/mol. The molecule has 1 saturated heterocycles. The molecule has 33 heavy (non-hydrogen) atoms. The van der Waals surface area contributed by atoms with E-state index in [1.165, 1.54) is 16.4 Å². The lowest BCUT2D eigenvalue weighted by molar-refractivity contribution is -0.117. The van der Waals surface area contributed by atoms with Crippen LogP contribution in [-0.4, -0.2) is 44.4 Å². The van der Waals surface area contributed by atoms with Crippen molar-refractivity contribution in [2.75, 3.05) is 29.9 Å². The molecule has 1 aliphatic heterocycles. The summed E-state index contributed by atoms with van der Waals surface area (Å²) in [7, 11) is -3.77. The molecule has 0 radical (unpaired) electrons.